The number of carbonyl (C=O) groups excluding carboxylic acids is 1. The van der Waals surface area contributed by atoms with E-state index in [1.54, 1.807) is 6.29 Å². The lowest BCUT2D eigenvalue weighted by atomic mass is 10.2. The summed E-state index contributed by atoms with van der Waals surface area (Å²) in [6.07, 6.45) is 1.64. The maximum Gasteiger partial charge on any atom is 0.235 e. The Kier molecular flexibility index (Phi) is 2.77. The molecule has 0 aliphatic heterocycles. The van der Waals surface area contributed by atoms with Crippen molar-refractivity contribution >= 4 is 41.1 Å². The van der Waals surface area contributed by atoms with E-state index >= 15 is 0 Å². The third kappa shape index (κ3) is 1.67. The van der Waals surface area contributed by atoms with Crippen molar-refractivity contribution in [3.05, 3.63) is 32.8 Å². The maximum absolute atomic E-state index is 10.2. The molecule has 0 atom stereocenters. The summed E-state index contributed by atoms with van der Waals surface area (Å²) in [6, 6.07) is 2.96. The molecule has 4 heteroatoms. The predicted octanol–water partition coefficient (Wildman–Crippen LogP) is 3.10. The highest BCUT2D eigenvalue weighted by Gasteiger charge is 2.07. The minimum absolute atomic E-state index is 0.147. The van der Waals surface area contributed by atoms with Crippen LogP contribution >= 0.6 is 34.8 Å². The first-order valence-corrected chi connectivity index (χ1v) is 3.82. The molecular formula is C7H2Cl3O. The van der Waals surface area contributed by atoms with E-state index in [9.17, 15) is 4.79 Å². The van der Waals surface area contributed by atoms with E-state index < -0.39 is 0 Å². The molecule has 1 rings (SSSR count). The fourth-order valence-corrected chi connectivity index (χ4v) is 1.18. The third-order valence-electron chi connectivity index (χ3n) is 1.15. The van der Waals surface area contributed by atoms with E-state index in [0.29, 0.717) is 5.02 Å². The van der Waals surface area contributed by atoms with Crippen LogP contribution in [0.5, 0.6) is 0 Å². The zero-order valence-corrected chi connectivity index (χ0v) is 7.46. The van der Waals surface area contributed by atoms with Crippen LogP contribution in [0.25, 0.3) is 0 Å². The van der Waals surface area contributed by atoms with E-state index in [-0.39, 0.29) is 15.6 Å². The van der Waals surface area contributed by atoms with Gasteiger partial charge in [0.2, 0.25) is 6.29 Å². The first-order chi connectivity index (χ1) is 5.16. The lowest BCUT2D eigenvalue weighted by Crippen LogP contribution is -1.82. The van der Waals surface area contributed by atoms with Crippen molar-refractivity contribution in [1.29, 1.82) is 0 Å². The minimum atomic E-state index is 0.147. The quantitative estimate of drug-likeness (QED) is 0.648. The van der Waals surface area contributed by atoms with Gasteiger partial charge in [-0.1, -0.05) is 34.8 Å². The van der Waals surface area contributed by atoms with Crippen LogP contribution in [0, 0.1) is 0 Å². The Bertz CT molecular complexity index is 296. The Morgan fingerprint density at radius 3 is 2.27 bits per heavy atom. The van der Waals surface area contributed by atoms with Crippen LogP contribution in [0.4, 0.5) is 0 Å². The van der Waals surface area contributed by atoms with Crippen molar-refractivity contribution in [2.75, 3.05) is 0 Å². The van der Waals surface area contributed by atoms with Gasteiger partial charge in [-0.05, 0) is 12.1 Å². The van der Waals surface area contributed by atoms with Gasteiger partial charge in [0.05, 0.1) is 15.1 Å². The van der Waals surface area contributed by atoms with Crippen molar-refractivity contribution in [2.45, 2.75) is 0 Å². The number of halogens is 3. The molecule has 57 valence electrons. The van der Waals surface area contributed by atoms with Gasteiger partial charge >= 0.3 is 0 Å². The molecule has 0 aliphatic carbocycles. The van der Waals surface area contributed by atoms with Gasteiger partial charge in [0.25, 0.3) is 0 Å². The van der Waals surface area contributed by atoms with E-state index in [2.05, 4.69) is 0 Å². The molecule has 0 heterocycles. The Balaban J connectivity index is 3.36. The van der Waals surface area contributed by atoms with Crippen LogP contribution < -0.4 is 0 Å². The number of hydrogen-bond donors (Lipinski definition) is 0. The van der Waals surface area contributed by atoms with Crippen LogP contribution in [0.3, 0.4) is 0 Å². The molecule has 0 fully saturated rings. The summed E-state index contributed by atoms with van der Waals surface area (Å²) in [4.78, 5) is 10.2. The fourth-order valence-electron chi connectivity index (χ4n) is 0.605. The first kappa shape index (κ1) is 8.85. The molecule has 0 spiro atoms. The van der Waals surface area contributed by atoms with Crippen LogP contribution in [0.1, 0.15) is 5.56 Å². The molecule has 0 bridgehead atoms. The van der Waals surface area contributed by atoms with Crippen LogP contribution in [-0.4, -0.2) is 6.29 Å². The second-order valence-corrected chi connectivity index (χ2v) is 2.99. The summed E-state index contributed by atoms with van der Waals surface area (Å²) in [5, 5.41) is 0.666. The summed E-state index contributed by atoms with van der Waals surface area (Å²) < 4.78 is 0. The van der Waals surface area contributed by atoms with Crippen LogP contribution in [0.15, 0.2) is 12.1 Å². The van der Waals surface area contributed by atoms with Gasteiger partial charge in [-0.25, -0.2) is 0 Å². The van der Waals surface area contributed by atoms with E-state index in [0.717, 1.165) is 0 Å². The van der Waals surface area contributed by atoms with Gasteiger partial charge in [0.15, 0.2) is 0 Å². The molecule has 1 aromatic rings. The first-order valence-electron chi connectivity index (χ1n) is 2.68. The predicted molar refractivity (Wildman–Crippen MR) is 46.3 cm³/mol. The summed E-state index contributed by atoms with van der Waals surface area (Å²) in [6.45, 7) is 0. The Hall–Kier alpha value is -0.240. The van der Waals surface area contributed by atoms with Gasteiger partial charge < -0.3 is 0 Å². The molecule has 1 radical (unpaired) electrons. The van der Waals surface area contributed by atoms with Crippen molar-refractivity contribution in [3.63, 3.8) is 0 Å². The van der Waals surface area contributed by atoms with Gasteiger partial charge in [-0.15, -0.1) is 0 Å². The highest BCUT2D eigenvalue weighted by atomic mass is 35.5. The lowest BCUT2D eigenvalue weighted by Gasteiger charge is -1.99. The molecule has 0 saturated carbocycles. The van der Waals surface area contributed by atoms with Crippen molar-refractivity contribution < 1.29 is 4.79 Å². The average molecular weight is 208 g/mol. The number of hydrogen-bond acceptors (Lipinski definition) is 1. The van der Waals surface area contributed by atoms with Gasteiger partial charge in [0.1, 0.15) is 0 Å². The lowest BCUT2D eigenvalue weighted by molar-refractivity contribution is 0.563. The standard InChI is InChI=1S/C7H2Cl3O/c8-5-2-1-4(3-11)6(9)7(5)10/h1-2H. The Morgan fingerprint density at radius 1 is 1.09 bits per heavy atom. The Morgan fingerprint density at radius 2 is 1.73 bits per heavy atom. The number of rotatable bonds is 1. The minimum Gasteiger partial charge on any atom is -0.285 e. The van der Waals surface area contributed by atoms with Crippen molar-refractivity contribution in [3.8, 4) is 0 Å². The van der Waals surface area contributed by atoms with Crippen LogP contribution in [0.2, 0.25) is 15.1 Å². The van der Waals surface area contributed by atoms with E-state index in [1.165, 1.54) is 12.1 Å². The molecule has 11 heavy (non-hydrogen) atoms. The molecule has 0 aromatic heterocycles. The van der Waals surface area contributed by atoms with Crippen LogP contribution in [-0.2, 0) is 4.79 Å². The van der Waals surface area contributed by atoms with Gasteiger partial charge in [-0.2, -0.15) is 0 Å². The average Bonchev–Trinajstić information content (AvgIpc) is 2.01. The normalized spacial score (nSPS) is 9.73. The highest BCUT2D eigenvalue weighted by Crippen LogP contribution is 2.31. The molecule has 1 nitrogen and oxygen atoms in total. The molecular weight excluding hydrogens is 206 g/mol. The topological polar surface area (TPSA) is 17.1 Å². The van der Waals surface area contributed by atoms with Gasteiger partial charge in [0, 0.05) is 5.56 Å². The number of benzene rings is 1. The zero-order valence-electron chi connectivity index (χ0n) is 5.20. The Labute approximate surface area is 78.9 Å². The molecule has 0 saturated heterocycles. The second-order valence-electron chi connectivity index (χ2n) is 1.82. The summed E-state index contributed by atoms with van der Waals surface area (Å²) in [5.41, 5.74) is 0.223. The highest BCUT2D eigenvalue weighted by molar-refractivity contribution is 6.48. The molecule has 0 aliphatic rings. The molecule has 0 unspecified atom stereocenters. The molecule has 0 amide bonds. The van der Waals surface area contributed by atoms with E-state index in [1.807, 2.05) is 0 Å². The largest absolute Gasteiger partial charge is 0.285 e. The molecule has 0 N–H and O–H groups in total. The maximum atomic E-state index is 10.2. The third-order valence-corrected chi connectivity index (χ3v) is 2.44. The fraction of sp³-hybridized carbons (Fsp3) is 0. The van der Waals surface area contributed by atoms with Crippen molar-refractivity contribution in [1.82, 2.24) is 0 Å². The SMILES string of the molecule is O=[C]c1ccc(Cl)c(Cl)c1Cl. The summed E-state index contributed by atoms with van der Waals surface area (Å²) in [5.74, 6) is 0. The van der Waals surface area contributed by atoms with Gasteiger partial charge in [-0.3, -0.25) is 4.79 Å². The van der Waals surface area contributed by atoms with Crippen molar-refractivity contribution in [2.24, 2.45) is 0 Å². The summed E-state index contributed by atoms with van der Waals surface area (Å²) in [7, 11) is 0. The summed E-state index contributed by atoms with van der Waals surface area (Å²) >= 11 is 16.8. The van der Waals surface area contributed by atoms with E-state index in [4.69, 9.17) is 34.8 Å². The monoisotopic (exact) mass is 207 g/mol. The zero-order chi connectivity index (χ0) is 8.43. The second kappa shape index (κ2) is 3.44. The smallest absolute Gasteiger partial charge is 0.235 e. The molecule has 1 aromatic carbocycles.